The first kappa shape index (κ1) is 10.5. The van der Waals surface area contributed by atoms with Crippen molar-refractivity contribution in [3.8, 4) is 0 Å². The molecule has 0 spiro atoms. The predicted octanol–water partition coefficient (Wildman–Crippen LogP) is 2.25. The average Bonchev–Trinajstić information content (AvgIpc) is 2.23. The maximum atomic E-state index is 11.5. The van der Waals surface area contributed by atoms with E-state index in [9.17, 15) is 4.79 Å². The number of amides is 1. The Morgan fingerprint density at radius 2 is 2.27 bits per heavy atom. The summed E-state index contributed by atoms with van der Waals surface area (Å²) in [5.74, 6) is 0.0345. The SMILES string of the molecule is CNC1CC(=O)Nc2c1ccc(Cl)c2C. The van der Waals surface area contributed by atoms with Crippen LogP contribution in [-0.4, -0.2) is 13.0 Å². The molecule has 1 aliphatic rings. The number of fused-ring (bicyclic) bond motifs is 1. The molecule has 1 heterocycles. The Morgan fingerprint density at radius 3 is 2.93 bits per heavy atom. The van der Waals surface area contributed by atoms with Crippen LogP contribution in [0.1, 0.15) is 23.6 Å². The van der Waals surface area contributed by atoms with Gasteiger partial charge < -0.3 is 10.6 Å². The molecule has 0 saturated carbocycles. The lowest BCUT2D eigenvalue weighted by Crippen LogP contribution is -2.30. The largest absolute Gasteiger partial charge is 0.325 e. The number of halogens is 1. The fraction of sp³-hybridized carbons (Fsp3) is 0.364. The van der Waals surface area contributed by atoms with E-state index in [4.69, 9.17) is 11.6 Å². The second-order valence-corrected chi connectivity index (χ2v) is 4.14. The van der Waals surface area contributed by atoms with Gasteiger partial charge >= 0.3 is 0 Å². The van der Waals surface area contributed by atoms with E-state index in [1.807, 2.05) is 26.1 Å². The zero-order valence-electron chi connectivity index (χ0n) is 8.73. The molecular formula is C11H13ClN2O. The van der Waals surface area contributed by atoms with E-state index < -0.39 is 0 Å². The van der Waals surface area contributed by atoms with E-state index in [2.05, 4.69) is 10.6 Å². The molecule has 2 N–H and O–H groups in total. The molecule has 0 fully saturated rings. The predicted molar refractivity (Wildman–Crippen MR) is 61.2 cm³/mol. The van der Waals surface area contributed by atoms with Gasteiger partial charge in [-0.3, -0.25) is 4.79 Å². The molecule has 15 heavy (non-hydrogen) atoms. The van der Waals surface area contributed by atoms with Gasteiger partial charge in [-0.05, 0) is 31.2 Å². The Balaban J connectivity index is 2.55. The van der Waals surface area contributed by atoms with Crippen LogP contribution in [0.5, 0.6) is 0 Å². The molecule has 1 aromatic rings. The molecule has 80 valence electrons. The van der Waals surface area contributed by atoms with Crippen LogP contribution in [0.3, 0.4) is 0 Å². The summed E-state index contributed by atoms with van der Waals surface area (Å²) in [6.07, 6.45) is 0.477. The van der Waals surface area contributed by atoms with Crippen LogP contribution < -0.4 is 10.6 Å². The van der Waals surface area contributed by atoms with Crippen molar-refractivity contribution < 1.29 is 4.79 Å². The normalized spacial score (nSPS) is 19.7. The lowest BCUT2D eigenvalue weighted by molar-refractivity contribution is -0.117. The minimum absolute atomic E-state index is 0.0345. The van der Waals surface area contributed by atoms with Crippen LogP contribution in [0.4, 0.5) is 5.69 Å². The summed E-state index contributed by atoms with van der Waals surface area (Å²) >= 11 is 6.01. The molecule has 1 aliphatic heterocycles. The van der Waals surface area contributed by atoms with Gasteiger partial charge in [0.15, 0.2) is 0 Å². The maximum absolute atomic E-state index is 11.5. The number of hydrogen-bond donors (Lipinski definition) is 2. The molecule has 1 unspecified atom stereocenters. The van der Waals surface area contributed by atoms with E-state index in [-0.39, 0.29) is 11.9 Å². The standard InChI is InChI=1S/C11H13ClN2O/c1-6-8(12)4-3-7-9(13-2)5-10(15)14-11(6)7/h3-4,9,13H,5H2,1-2H3,(H,14,15). The maximum Gasteiger partial charge on any atom is 0.226 e. The van der Waals surface area contributed by atoms with Crippen LogP contribution >= 0.6 is 11.6 Å². The Kier molecular flexibility index (Phi) is 2.67. The summed E-state index contributed by atoms with van der Waals surface area (Å²) in [6, 6.07) is 3.92. The third-order valence-corrected chi connectivity index (χ3v) is 3.22. The number of hydrogen-bond acceptors (Lipinski definition) is 2. The Hall–Kier alpha value is -1.06. The average molecular weight is 225 g/mol. The van der Waals surface area contributed by atoms with Crippen molar-refractivity contribution in [2.75, 3.05) is 12.4 Å². The highest BCUT2D eigenvalue weighted by molar-refractivity contribution is 6.31. The second-order valence-electron chi connectivity index (χ2n) is 3.73. The summed E-state index contributed by atoms with van der Waals surface area (Å²) in [6.45, 7) is 1.92. The van der Waals surface area contributed by atoms with Gasteiger partial charge in [0.2, 0.25) is 5.91 Å². The Labute approximate surface area is 93.8 Å². The zero-order valence-corrected chi connectivity index (χ0v) is 9.48. The number of carbonyl (C=O) groups excluding carboxylic acids is 1. The first-order chi connectivity index (χ1) is 7.13. The third kappa shape index (κ3) is 1.73. The van der Waals surface area contributed by atoms with Crippen molar-refractivity contribution in [1.29, 1.82) is 0 Å². The van der Waals surface area contributed by atoms with Crippen molar-refractivity contribution in [2.24, 2.45) is 0 Å². The fourth-order valence-electron chi connectivity index (χ4n) is 1.91. The van der Waals surface area contributed by atoms with Crippen molar-refractivity contribution in [2.45, 2.75) is 19.4 Å². The number of benzene rings is 1. The minimum atomic E-state index is 0.0345. The quantitative estimate of drug-likeness (QED) is 0.768. The van der Waals surface area contributed by atoms with Crippen LogP contribution in [-0.2, 0) is 4.79 Å². The minimum Gasteiger partial charge on any atom is -0.325 e. The highest BCUT2D eigenvalue weighted by Gasteiger charge is 2.25. The summed E-state index contributed by atoms with van der Waals surface area (Å²) in [7, 11) is 1.86. The summed E-state index contributed by atoms with van der Waals surface area (Å²) < 4.78 is 0. The van der Waals surface area contributed by atoms with Crippen LogP contribution in [0.25, 0.3) is 0 Å². The molecule has 0 aromatic heterocycles. The van der Waals surface area contributed by atoms with Crippen molar-refractivity contribution in [1.82, 2.24) is 5.32 Å². The Bertz CT molecular complexity index is 417. The lowest BCUT2D eigenvalue weighted by atomic mass is 9.95. The van der Waals surface area contributed by atoms with Crippen LogP contribution in [0, 0.1) is 6.92 Å². The van der Waals surface area contributed by atoms with E-state index in [0.717, 1.165) is 16.8 Å². The molecule has 0 saturated heterocycles. The van der Waals surface area contributed by atoms with Crippen molar-refractivity contribution >= 4 is 23.2 Å². The molecule has 1 atom stereocenters. The third-order valence-electron chi connectivity index (χ3n) is 2.81. The van der Waals surface area contributed by atoms with E-state index >= 15 is 0 Å². The molecule has 0 radical (unpaired) electrons. The highest BCUT2D eigenvalue weighted by atomic mass is 35.5. The van der Waals surface area contributed by atoms with Crippen LogP contribution in [0.15, 0.2) is 12.1 Å². The topological polar surface area (TPSA) is 41.1 Å². The summed E-state index contributed by atoms with van der Waals surface area (Å²) in [4.78, 5) is 11.5. The van der Waals surface area contributed by atoms with Gasteiger partial charge in [-0.25, -0.2) is 0 Å². The van der Waals surface area contributed by atoms with Gasteiger partial charge in [-0.15, -0.1) is 0 Å². The summed E-state index contributed by atoms with van der Waals surface area (Å²) in [5, 5.41) is 6.69. The molecule has 4 heteroatoms. The van der Waals surface area contributed by atoms with Gasteiger partial charge in [-0.2, -0.15) is 0 Å². The summed E-state index contributed by atoms with van der Waals surface area (Å²) in [5.41, 5.74) is 2.90. The van der Waals surface area contributed by atoms with Gasteiger partial charge in [0.1, 0.15) is 0 Å². The molecule has 0 aliphatic carbocycles. The van der Waals surface area contributed by atoms with E-state index in [0.29, 0.717) is 11.4 Å². The molecule has 1 amide bonds. The molecular weight excluding hydrogens is 212 g/mol. The number of nitrogens with one attached hydrogen (secondary N) is 2. The molecule has 0 bridgehead atoms. The van der Waals surface area contributed by atoms with E-state index in [1.54, 1.807) is 0 Å². The van der Waals surface area contributed by atoms with Crippen LogP contribution in [0.2, 0.25) is 5.02 Å². The van der Waals surface area contributed by atoms with Crippen molar-refractivity contribution in [3.63, 3.8) is 0 Å². The lowest BCUT2D eigenvalue weighted by Gasteiger charge is -2.26. The van der Waals surface area contributed by atoms with Gasteiger partial charge in [0.25, 0.3) is 0 Å². The first-order valence-corrected chi connectivity index (χ1v) is 5.27. The van der Waals surface area contributed by atoms with Gasteiger partial charge in [0, 0.05) is 23.2 Å². The smallest absolute Gasteiger partial charge is 0.226 e. The molecule has 3 nitrogen and oxygen atoms in total. The number of carbonyl (C=O) groups is 1. The highest BCUT2D eigenvalue weighted by Crippen LogP contribution is 2.35. The van der Waals surface area contributed by atoms with Gasteiger partial charge in [-0.1, -0.05) is 17.7 Å². The first-order valence-electron chi connectivity index (χ1n) is 4.89. The fourth-order valence-corrected chi connectivity index (χ4v) is 2.06. The molecule has 1 aromatic carbocycles. The zero-order chi connectivity index (χ0) is 11.0. The molecule has 2 rings (SSSR count). The van der Waals surface area contributed by atoms with Gasteiger partial charge in [0.05, 0.1) is 0 Å². The number of rotatable bonds is 1. The Morgan fingerprint density at radius 1 is 1.53 bits per heavy atom. The van der Waals surface area contributed by atoms with E-state index in [1.165, 1.54) is 0 Å². The monoisotopic (exact) mass is 224 g/mol. The second kappa shape index (κ2) is 3.83. The van der Waals surface area contributed by atoms with Crippen molar-refractivity contribution in [3.05, 3.63) is 28.3 Å². The number of anilines is 1.